The van der Waals surface area contributed by atoms with Crippen molar-refractivity contribution in [3.63, 3.8) is 0 Å². The maximum Gasteiger partial charge on any atom is 0.287 e. The van der Waals surface area contributed by atoms with Gasteiger partial charge in [-0.15, -0.1) is 0 Å². The van der Waals surface area contributed by atoms with Crippen molar-refractivity contribution in [1.82, 2.24) is 30.1 Å². The molecule has 4 N–H and O–H groups in total. The summed E-state index contributed by atoms with van der Waals surface area (Å²) in [7, 11) is 1.63. The van der Waals surface area contributed by atoms with Crippen molar-refractivity contribution in [2.45, 2.75) is 97.2 Å². The number of hydrogen-bond donors (Lipinski definition) is 4. The largest absolute Gasteiger partial charge is 0.350 e. The average molecular weight is 638 g/mol. The smallest absolute Gasteiger partial charge is 0.287 e. The summed E-state index contributed by atoms with van der Waals surface area (Å²) in [5, 5.41) is 10.9. The van der Waals surface area contributed by atoms with Crippen LogP contribution in [-0.4, -0.2) is 61.7 Å². The molecule has 13 heteroatoms. The zero-order chi connectivity index (χ0) is 33.6. The Labute approximate surface area is 269 Å². The van der Waals surface area contributed by atoms with Crippen LogP contribution in [0.25, 0.3) is 0 Å². The normalized spacial score (nSPS) is 22.8. The van der Waals surface area contributed by atoms with Crippen LogP contribution in [0, 0.1) is 24.7 Å². The number of nitrogens with one attached hydrogen (secondary N) is 4. The number of carbonyl (C=O) groups is 5. The summed E-state index contributed by atoms with van der Waals surface area (Å²) in [6.45, 7) is 7.82. The molecule has 0 spiro atoms. The summed E-state index contributed by atoms with van der Waals surface area (Å²) in [4.78, 5) is 81.7. The first kappa shape index (κ1) is 34.6. The number of aromatic nitrogens is 3. The summed E-state index contributed by atoms with van der Waals surface area (Å²) in [5.74, 6) is -1.44. The van der Waals surface area contributed by atoms with Gasteiger partial charge >= 0.3 is 0 Å². The second-order valence-electron chi connectivity index (χ2n) is 13.1. The fraction of sp³-hybridized carbons (Fsp3) is 0.606. The Morgan fingerprint density at radius 3 is 2.54 bits per heavy atom. The molecule has 46 heavy (non-hydrogen) atoms. The van der Waals surface area contributed by atoms with Crippen molar-refractivity contribution in [2.24, 2.45) is 24.8 Å². The van der Waals surface area contributed by atoms with Gasteiger partial charge in [0.15, 0.2) is 0 Å². The number of fused-ring (bicyclic) bond motifs is 2. The minimum Gasteiger partial charge on any atom is -0.350 e. The first-order valence-electron chi connectivity index (χ1n) is 16.3. The van der Waals surface area contributed by atoms with Crippen LogP contribution >= 0.6 is 0 Å². The monoisotopic (exact) mass is 637 g/mol. The van der Waals surface area contributed by atoms with E-state index < -0.39 is 35.1 Å². The van der Waals surface area contributed by atoms with Crippen LogP contribution in [0.1, 0.15) is 88.3 Å². The first-order valence-corrected chi connectivity index (χ1v) is 16.3. The second-order valence-corrected chi connectivity index (χ2v) is 13.1. The van der Waals surface area contributed by atoms with Crippen LogP contribution in [0.5, 0.6) is 0 Å². The van der Waals surface area contributed by atoms with E-state index in [1.165, 1.54) is 40.6 Å². The van der Waals surface area contributed by atoms with Crippen LogP contribution in [0.4, 0.5) is 5.69 Å². The Balaban J connectivity index is 1.48. The van der Waals surface area contributed by atoms with Crippen molar-refractivity contribution in [2.75, 3.05) is 11.9 Å². The number of carbonyl (C=O) groups excluding carboxylic acids is 5. The number of aryl methyl sites for hydroxylation is 2. The Kier molecular flexibility index (Phi) is 11.2. The van der Waals surface area contributed by atoms with Crippen molar-refractivity contribution in [3.8, 4) is 0 Å². The molecule has 5 unspecified atom stereocenters. The van der Waals surface area contributed by atoms with E-state index in [1.807, 2.05) is 0 Å². The fourth-order valence-electron chi connectivity index (χ4n) is 7.44. The van der Waals surface area contributed by atoms with Crippen LogP contribution < -0.4 is 26.8 Å². The average Bonchev–Trinajstić information content (AvgIpc) is 3.33. The van der Waals surface area contributed by atoms with E-state index in [-0.39, 0.29) is 48.8 Å². The van der Waals surface area contributed by atoms with E-state index in [1.54, 1.807) is 27.0 Å². The van der Waals surface area contributed by atoms with Gasteiger partial charge in [0.05, 0.1) is 12.0 Å². The molecule has 2 aromatic rings. The number of ketones is 1. The summed E-state index contributed by atoms with van der Waals surface area (Å²) in [5.41, 5.74) is -0.268. The zero-order valence-electron chi connectivity index (χ0n) is 27.5. The number of rotatable bonds is 13. The number of anilines is 1. The molecule has 2 fully saturated rings. The predicted molar refractivity (Wildman–Crippen MR) is 172 cm³/mol. The molecule has 5 atom stereocenters. The van der Waals surface area contributed by atoms with E-state index in [0.29, 0.717) is 23.4 Å². The fourth-order valence-corrected chi connectivity index (χ4v) is 7.44. The lowest BCUT2D eigenvalue weighted by molar-refractivity contribution is -0.138. The summed E-state index contributed by atoms with van der Waals surface area (Å²) >= 11 is 0. The third-order valence-electron chi connectivity index (χ3n) is 9.28. The Morgan fingerprint density at radius 1 is 1.11 bits per heavy atom. The highest BCUT2D eigenvalue weighted by Gasteiger charge is 2.45. The van der Waals surface area contributed by atoms with Gasteiger partial charge in [-0.05, 0) is 82.3 Å². The molecule has 4 rings (SSSR count). The van der Waals surface area contributed by atoms with Crippen molar-refractivity contribution < 1.29 is 24.0 Å². The molecule has 2 aliphatic carbocycles. The van der Waals surface area contributed by atoms with E-state index in [4.69, 9.17) is 0 Å². The minimum absolute atomic E-state index is 0.0838. The molecule has 13 nitrogen and oxygen atoms in total. The molecule has 250 valence electrons. The van der Waals surface area contributed by atoms with Gasteiger partial charge in [-0.25, -0.2) is 4.98 Å². The Bertz CT molecular complexity index is 1510. The van der Waals surface area contributed by atoms with Gasteiger partial charge in [-0.3, -0.25) is 28.8 Å². The second kappa shape index (κ2) is 14.9. The third-order valence-corrected chi connectivity index (χ3v) is 9.28. The van der Waals surface area contributed by atoms with Gasteiger partial charge in [-0.1, -0.05) is 20.3 Å². The van der Waals surface area contributed by atoms with Gasteiger partial charge in [0.25, 0.3) is 17.4 Å². The number of likely N-dealkylation sites (N-methyl/N-ethyl adjacent to an activating group) is 1. The molecular weight excluding hydrogens is 590 g/mol. The highest BCUT2D eigenvalue weighted by Crippen LogP contribution is 2.48. The SMILES string of the molecule is CCNC(=O)C(=O)CCC(NC(=O)c1c(C)ncn1C)C(=O)Nc1cccn(CC(=O)NC23CC(C)CC(CC(CC)C2)C3)c1=O. The maximum atomic E-state index is 13.5. The van der Waals surface area contributed by atoms with Gasteiger partial charge in [0, 0.05) is 31.7 Å². The molecule has 2 aliphatic rings. The van der Waals surface area contributed by atoms with E-state index in [2.05, 4.69) is 40.1 Å². The van der Waals surface area contributed by atoms with Gasteiger partial charge in [0.2, 0.25) is 17.6 Å². The minimum atomic E-state index is -1.25. The predicted octanol–water partition coefficient (Wildman–Crippen LogP) is 2.22. The third kappa shape index (κ3) is 8.29. The highest BCUT2D eigenvalue weighted by molar-refractivity contribution is 6.36. The number of imidazole rings is 1. The van der Waals surface area contributed by atoms with E-state index in [9.17, 15) is 28.8 Å². The molecule has 0 aliphatic heterocycles. The van der Waals surface area contributed by atoms with Crippen LogP contribution in [0.2, 0.25) is 0 Å². The summed E-state index contributed by atoms with van der Waals surface area (Å²) in [6, 6.07) is 1.72. The standard InChI is InChI=1S/C33H47N7O6/c1-6-22-14-23-13-20(3)15-33(16-22,17-23)38-27(42)18-40-12-8-9-25(32(40)46)37-29(43)24(10-11-26(41)30(44)34-7-2)36-31(45)28-21(4)35-19-39(28)5/h8-9,12,19-20,22-24H,6-7,10-11,13-18H2,1-5H3,(H,34,44)(H,36,45)(H,37,43)(H,38,42). The molecular formula is C33H47N7O6. The van der Waals surface area contributed by atoms with Gasteiger partial charge < -0.3 is 30.4 Å². The van der Waals surface area contributed by atoms with Gasteiger partial charge in [0.1, 0.15) is 24.0 Å². The number of Topliss-reactive ketones (excluding diaryl/α,β-unsaturated/α-hetero) is 1. The number of nitrogens with zero attached hydrogens (tertiary/aromatic N) is 3. The number of pyridine rings is 1. The molecule has 2 bridgehead atoms. The lowest BCUT2D eigenvalue weighted by Crippen LogP contribution is -2.57. The number of hydrogen-bond acceptors (Lipinski definition) is 7. The van der Waals surface area contributed by atoms with Gasteiger partial charge in [-0.2, -0.15) is 0 Å². The summed E-state index contributed by atoms with van der Waals surface area (Å²) < 4.78 is 2.75. The lowest BCUT2D eigenvalue weighted by atomic mass is 9.60. The van der Waals surface area contributed by atoms with E-state index >= 15 is 0 Å². The Morgan fingerprint density at radius 2 is 1.87 bits per heavy atom. The molecule has 2 heterocycles. The molecule has 0 radical (unpaired) electrons. The lowest BCUT2D eigenvalue weighted by Gasteiger charge is -2.51. The van der Waals surface area contributed by atoms with Crippen molar-refractivity contribution >= 4 is 35.1 Å². The quantitative estimate of drug-likeness (QED) is 0.244. The molecule has 2 saturated carbocycles. The maximum absolute atomic E-state index is 13.5. The van der Waals surface area contributed by atoms with Crippen LogP contribution in [0.3, 0.4) is 0 Å². The van der Waals surface area contributed by atoms with Crippen molar-refractivity contribution in [3.05, 3.63) is 46.4 Å². The molecule has 0 aromatic carbocycles. The molecule has 0 saturated heterocycles. The van der Waals surface area contributed by atoms with E-state index in [0.717, 1.165) is 25.7 Å². The topological polar surface area (TPSA) is 173 Å². The first-order chi connectivity index (χ1) is 21.8. The van der Waals surface area contributed by atoms with Crippen LogP contribution in [-0.2, 0) is 32.8 Å². The molecule has 2 aromatic heterocycles. The zero-order valence-corrected chi connectivity index (χ0v) is 27.5. The van der Waals surface area contributed by atoms with Crippen LogP contribution in [0.15, 0.2) is 29.5 Å². The molecule has 4 amide bonds. The highest BCUT2D eigenvalue weighted by atomic mass is 16.2. The Hall–Kier alpha value is -4.29. The summed E-state index contributed by atoms with van der Waals surface area (Å²) in [6.07, 6.45) is 8.73. The number of amides is 4. The van der Waals surface area contributed by atoms with Crippen molar-refractivity contribution in [1.29, 1.82) is 0 Å².